The van der Waals surface area contributed by atoms with Crippen molar-refractivity contribution < 1.29 is 15.0 Å². The van der Waals surface area contributed by atoms with Gasteiger partial charge in [-0.3, -0.25) is 10.2 Å². The Morgan fingerprint density at radius 3 is 2.36 bits per heavy atom. The average Bonchev–Trinajstić information content (AvgIpc) is 3.11. The Labute approximate surface area is 209 Å². The molecule has 0 bridgehead atoms. The molecule has 4 N–H and O–H groups in total. The van der Waals surface area contributed by atoms with Gasteiger partial charge in [-0.2, -0.15) is 0 Å². The van der Waals surface area contributed by atoms with Crippen molar-refractivity contribution in [3.63, 3.8) is 0 Å². The van der Waals surface area contributed by atoms with Crippen LogP contribution < -0.4 is 20.1 Å². The summed E-state index contributed by atoms with van der Waals surface area (Å²) in [6, 6.07) is 3.80. The number of ketones is 1. The van der Waals surface area contributed by atoms with Gasteiger partial charge < -0.3 is 20.5 Å². The lowest BCUT2D eigenvalue weighted by molar-refractivity contribution is -0.113. The lowest BCUT2D eigenvalue weighted by Gasteiger charge is -2.38. The molecule has 0 spiro atoms. The molecule has 2 aromatic carbocycles. The van der Waals surface area contributed by atoms with Gasteiger partial charge in [-0.15, -0.1) is 0 Å². The molecule has 7 heteroatoms. The Morgan fingerprint density at radius 1 is 0.861 bits per heavy atom. The van der Waals surface area contributed by atoms with E-state index in [1.54, 1.807) is 0 Å². The molecule has 7 rings (SSSR count). The number of carbonyl (C=O) groups is 1. The van der Waals surface area contributed by atoms with Gasteiger partial charge >= 0.3 is 0 Å². The molecule has 184 valence electrons. The van der Waals surface area contributed by atoms with Crippen LogP contribution in [0.5, 0.6) is 11.5 Å². The Hall–Kier alpha value is -3.48. The number of phenolic OH excluding ortho intramolecular Hbond substituents is 2. The first-order valence-electron chi connectivity index (χ1n) is 13.3. The zero-order valence-corrected chi connectivity index (χ0v) is 20.4. The predicted octanol–water partition coefficient (Wildman–Crippen LogP) is 1.74. The number of nitrogens with zero attached hydrogens (tertiary/aromatic N) is 2. The zero-order valence-electron chi connectivity index (χ0n) is 20.4. The first kappa shape index (κ1) is 21.8. The first-order valence-corrected chi connectivity index (χ1v) is 13.3. The maximum atomic E-state index is 14.0. The smallest absolute Gasteiger partial charge is 0.210 e. The maximum Gasteiger partial charge on any atom is 0.210 e. The van der Waals surface area contributed by atoms with E-state index in [1.165, 1.54) is 0 Å². The first-order chi connectivity index (χ1) is 17.5. The topological polar surface area (TPSA) is 111 Å². The second-order valence-corrected chi connectivity index (χ2v) is 10.9. The molecule has 1 aliphatic carbocycles. The number of rotatable bonds is 1. The number of carbonyl (C=O) groups excluding carboxylic acids is 1. The molecule has 5 aliphatic rings. The summed E-state index contributed by atoms with van der Waals surface area (Å²) in [6.07, 6.45) is 7.24. The molecule has 7 nitrogen and oxygen atoms in total. The van der Waals surface area contributed by atoms with Gasteiger partial charge in [0.15, 0.2) is 5.78 Å². The molecule has 0 saturated heterocycles. The minimum Gasteiger partial charge on any atom is -0.507 e. The van der Waals surface area contributed by atoms with Crippen molar-refractivity contribution >= 4 is 28.5 Å². The Balaban J connectivity index is 1.43. The van der Waals surface area contributed by atoms with E-state index in [0.717, 1.165) is 111 Å². The van der Waals surface area contributed by atoms with E-state index < -0.39 is 5.92 Å². The van der Waals surface area contributed by atoms with Crippen molar-refractivity contribution in [3.8, 4) is 11.5 Å². The zero-order chi connectivity index (χ0) is 24.7. The van der Waals surface area contributed by atoms with Crippen molar-refractivity contribution in [1.29, 1.82) is 10.8 Å². The van der Waals surface area contributed by atoms with Crippen LogP contribution in [-0.4, -0.2) is 53.6 Å². The highest BCUT2D eigenvalue weighted by Crippen LogP contribution is 2.46. The van der Waals surface area contributed by atoms with Crippen molar-refractivity contribution in [2.24, 2.45) is 0 Å². The van der Waals surface area contributed by atoms with Crippen LogP contribution in [0, 0.1) is 10.8 Å². The van der Waals surface area contributed by atoms with Gasteiger partial charge in [-0.1, -0.05) is 0 Å². The van der Waals surface area contributed by atoms with Crippen LogP contribution in [0.3, 0.4) is 0 Å². The number of benzene rings is 2. The second kappa shape index (κ2) is 7.76. The summed E-state index contributed by atoms with van der Waals surface area (Å²) in [7, 11) is 0. The predicted molar refractivity (Wildman–Crippen MR) is 139 cm³/mol. The molecule has 0 amide bonds. The molecule has 1 saturated carbocycles. The average molecular weight is 484 g/mol. The molecule has 2 aromatic rings. The van der Waals surface area contributed by atoms with Gasteiger partial charge in [0.05, 0.1) is 28.5 Å². The van der Waals surface area contributed by atoms with Gasteiger partial charge in [0.25, 0.3) is 0 Å². The van der Waals surface area contributed by atoms with Crippen molar-refractivity contribution in [2.45, 2.75) is 57.3 Å². The van der Waals surface area contributed by atoms with Crippen LogP contribution in [0.15, 0.2) is 12.1 Å². The van der Waals surface area contributed by atoms with Gasteiger partial charge in [0, 0.05) is 53.5 Å². The molecule has 1 atom stereocenters. The summed E-state index contributed by atoms with van der Waals surface area (Å²) in [6.45, 7) is 3.93. The van der Waals surface area contributed by atoms with Gasteiger partial charge in [0.1, 0.15) is 24.6 Å². The molecule has 4 aliphatic heterocycles. The molecule has 0 aromatic heterocycles. The van der Waals surface area contributed by atoms with Gasteiger partial charge in [-0.25, -0.2) is 4.58 Å². The number of anilines is 1. The Morgan fingerprint density at radius 2 is 1.56 bits per heavy atom. The molecule has 1 fully saturated rings. The second-order valence-electron chi connectivity index (χ2n) is 10.9. The van der Waals surface area contributed by atoms with Gasteiger partial charge in [0.2, 0.25) is 5.36 Å². The number of aromatic hydroxyl groups is 2. The third-order valence-corrected chi connectivity index (χ3v) is 8.92. The van der Waals surface area contributed by atoms with E-state index in [9.17, 15) is 15.0 Å². The molecule has 4 heterocycles. The standard InChI is InChI=1S/C29H30N4O3/c30-23-21(19-13-15-5-1-9-32-11-3-7-17(25(15)32)27(19)34)29(36)22(24(23)31)20-14-16-6-2-10-33-12-4-8-18(26(16)33)28(20)35/h13-14,21,30-31,34H,1-12H2/p+1/b22-20+,30-23?,31-24?. The summed E-state index contributed by atoms with van der Waals surface area (Å²) in [5.41, 5.74) is 5.47. The molecular formula is C29H31N4O3+. The fraction of sp³-hybridized carbons (Fsp3) is 0.448. The summed E-state index contributed by atoms with van der Waals surface area (Å²) in [5.74, 6) is -1.17. The molecular weight excluding hydrogens is 452 g/mol. The van der Waals surface area contributed by atoms with E-state index in [4.69, 9.17) is 10.8 Å². The molecule has 36 heavy (non-hydrogen) atoms. The Kier molecular flexibility index (Phi) is 4.69. The summed E-state index contributed by atoms with van der Waals surface area (Å²) in [4.78, 5) is 16.3. The van der Waals surface area contributed by atoms with E-state index in [1.807, 2.05) is 12.1 Å². The highest BCUT2D eigenvalue weighted by Gasteiger charge is 2.44. The van der Waals surface area contributed by atoms with Crippen molar-refractivity contribution in [3.05, 3.63) is 50.5 Å². The number of aryl methyl sites for hydroxylation is 2. The van der Waals surface area contributed by atoms with Crippen LogP contribution in [0.25, 0.3) is 5.57 Å². The van der Waals surface area contributed by atoms with E-state index >= 15 is 0 Å². The number of phenols is 2. The highest BCUT2D eigenvalue weighted by atomic mass is 16.3. The SMILES string of the molecule is N=C1C(=N)C(c2cc3c4c(c2O)CCCN4CCC3)C(=O)/C1=c1\cc2c3c(c1O)CCC[N+]=3CCC2. The van der Waals surface area contributed by atoms with Crippen molar-refractivity contribution in [2.75, 3.05) is 31.1 Å². The summed E-state index contributed by atoms with van der Waals surface area (Å²) < 4.78 is 2.33. The van der Waals surface area contributed by atoms with E-state index in [2.05, 4.69) is 9.48 Å². The van der Waals surface area contributed by atoms with E-state index in [-0.39, 0.29) is 34.3 Å². The maximum absolute atomic E-state index is 14.0. The number of nitrogens with one attached hydrogen (secondary N) is 2. The lowest BCUT2D eigenvalue weighted by atomic mass is 9.84. The fourth-order valence-electron chi connectivity index (χ4n) is 7.36. The van der Waals surface area contributed by atoms with Gasteiger partial charge in [-0.05, 0) is 56.2 Å². The largest absolute Gasteiger partial charge is 0.507 e. The summed E-state index contributed by atoms with van der Waals surface area (Å²) in [5, 5.41) is 41.8. The fourth-order valence-corrected chi connectivity index (χ4v) is 7.36. The number of Topliss-reactive ketones (excluding diaryl/α,β-unsaturated/α-hetero) is 1. The van der Waals surface area contributed by atoms with Crippen LogP contribution >= 0.6 is 0 Å². The normalized spacial score (nSPS) is 24.2. The summed E-state index contributed by atoms with van der Waals surface area (Å²) >= 11 is 0. The quantitative estimate of drug-likeness (QED) is 0.463. The third kappa shape index (κ3) is 2.85. The minimum atomic E-state index is -1.00. The van der Waals surface area contributed by atoms with Crippen LogP contribution in [0.4, 0.5) is 5.69 Å². The van der Waals surface area contributed by atoms with E-state index in [0.29, 0.717) is 10.8 Å². The van der Waals surface area contributed by atoms with Crippen LogP contribution in [0.2, 0.25) is 0 Å². The highest BCUT2D eigenvalue weighted by molar-refractivity contribution is 6.74. The molecule has 1 unspecified atom stereocenters. The van der Waals surface area contributed by atoms with Crippen LogP contribution in [-0.2, 0) is 30.5 Å². The molecule has 0 radical (unpaired) electrons. The number of hydrogen-bond donors (Lipinski definition) is 4. The lowest BCUT2D eigenvalue weighted by Crippen LogP contribution is -2.44. The number of hydrogen-bond acceptors (Lipinski definition) is 6. The minimum absolute atomic E-state index is 0.0855. The van der Waals surface area contributed by atoms with Crippen molar-refractivity contribution in [1.82, 2.24) is 4.58 Å². The van der Waals surface area contributed by atoms with Crippen LogP contribution in [0.1, 0.15) is 59.4 Å². The third-order valence-electron chi connectivity index (χ3n) is 8.92. The Bertz CT molecular complexity index is 1530. The monoisotopic (exact) mass is 483 g/mol.